The third kappa shape index (κ3) is 2.78. The van der Waals surface area contributed by atoms with E-state index < -0.39 is 5.97 Å². The first kappa shape index (κ1) is 12.4. The number of hydrogen-bond donors (Lipinski definition) is 3. The third-order valence-corrected chi connectivity index (χ3v) is 2.65. The van der Waals surface area contributed by atoms with Gasteiger partial charge in [0, 0.05) is 12.4 Å². The van der Waals surface area contributed by atoms with Crippen LogP contribution in [0.2, 0.25) is 0 Å². The van der Waals surface area contributed by atoms with Crippen molar-refractivity contribution in [3.05, 3.63) is 41.9 Å². The number of carboxylic acids is 1. The van der Waals surface area contributed by atoms with Gasteiger partial charge in [0.1, 0.15) is 11.6 Å². The molecular formula is C12H15N3O3. The normalized spacial score (nSPS) is 12.5. The number of hydrogen-bond acceptors (Lipinski definition) is 4. The van der Waals surface area contributed by atoms with Gasteiger partial charge in [0.15, 0.2) is 0 Å². The average Bonchev–Trinajstić information content (AvgIpc) is 3.00. The van der Waals surface area contributed by atoms with Gasteiger partial charge in [0.05, 0.1) is 12.6 Å². The molecular weight excluding hydrogens is 234 g/mol. The summed E-state index contributed by atoms with van der Waals surface area (Å²) in [4.78, 5) is 17.9. The van der Waals surface area contributed by atoms with Gasteiger partial charge in [-0.25, -0.2) is 9.78 Å². The number of nitrogens with one attached hydrogen (secondary N) is 2. The minimum absolute atomic E-state index is 0.0437. The highest BCUT2D eigenvalue weighted by atomic mass is 16.4. The van der Waals surface area contributed by atoms with Gasteiger partial charge in [-0.3, -0.25) is 0 Å². The average molecular weight is 249 g/mol. The lowest BCUT2D eigenvalue weighted by molar-refractivity contribution is 0.0660. The van der Waals surface area contributed by atoms with E-state index in [1.54, 1.807) is 18.5 Å². The van der Waals surface area contributed by atoms with Crippen LogP contribution < -0.4 is 5.32 Å². The topological polar surface area (TPSA) is 91.2 Å². The molecule has 6 heteroatoms. The summed E-state index contributed by atoms with van der Waals surface area (Å²) >= 11 is 0. The minimum atomic E-state index is -1.06. The fraction of sp³-hybridized carbons (Fsp3) is 0.333. The maximum absolute atomic E-state index is 10.7. The van der Waals surface area contributed by atoms with Crippen molar-refractivity contribution in [3.8, 4) is 0 Å². The first-order valence-electron chi connectivity index (χ1n) is 5.75. The van der Waals surface area contributed by atoms with Crippen LogP contribution in [0.4, 0.5) is 0 Å². The number of H-pyrrole nitrogens is 1. The van der Waals surface area contributed by atoms with E-state index in [0.29, 0.717) is 12.3 Å². The smallest absolute Gasteiger partial charge is 0.371 e. The summed E-state index contributed by atoms with van der Waals surface area (Å²) in [5.74, 6) is 0.358. The van der Waals surface area contributed by atoms with E-state index in [-0.39, 0.29) is 11.8 Å². The molecule has 0 amide bonds. The molecule has 0 aromatic carbocycles. The molecule has 0 aliphatic carbocycles. The molecule has 0 fully saturated rings. The van der Waals surface area contributed by atoms with Crippen LogP contribution in [-0.4, -0.2) is 21.0 Å². The zero-order valence-corrected chi connectivity index (χ0v) is 10.0. The Kier molecular flexibility index (Phi) is 3.78. The molecule has 1 atom stereocenters. The van der Waals surface area contributed by atoms with Crippen LogP contribution in [0.3, 0.4) is 0 Å². The van der Waals surface area contributed by atoms with Crippen molar-refractivity contribution in [2.75, 3.05) is 0 Å². The lowest BCUT2D eigenvalue weighted by Gasteiger charge is -2.13. The number of aromatic amines is 1. The molecule has 0 aliphatic rings. The monoisotopic (exact) mass is 249 g/mol. The van der Waals surface area contributed by atoms with Crippen LogP contribution in [-0.2, 0) is 6.54 Å². The van der Waals surface area contributed by atoms with Gasteiger partial charge >= 0.3 is 5.97 Å². The van der Waals surface area contributed by atoms with E-state index in [1.807, 2.05) is 6.92 Å². The number of aromatic carboxylic acids is 1. The van der Waals surface area contributed by atoms with Crippen LogP contribution in [0, 0.1) is 0 Å². The summed E-state index contributed by atoms with van der Waals surface area (Å²) in [7, 11) is 0. The quantitative estimate of drug-likeness (QED) is 0.727. The summed E-state index contributed by atoms with van der Waals surface area (Å²) in [6.45, 7) is 2.51. The number of imidazole rings is 1. The molecule has 3 N–H and O–H groups in total. The Hall–Kier alpha value is -2.08. The summed E-state index contributed by atoms with van der Waals surface area (Å²) in [6.07, 6.45) is 4.35. The lowest BCUT2D eigenvalue weighted by atomic mass is 10.2. The summed E-state index contributed by atoms with van der Waals surface area (Å²) in [5.41, 5.74) is 0. The maximum atomic E-state index is 10.7. The standard InChI is InChI=1S/C12H15N3O3/c1-2-9(11-13-5-6-14-11)15-7-8-3-4-10(18-8)12(16)17/h3-6,9,15H,2,7H2,1H3,(H,13,14)(H,16,17). The summed E-state index contributed by atoms with van der Waals surface area (Å²) < 4.78 is 5.16. The highest BCUT2D eigenvalue weighted by molar-refractivity contribution is 5.84. The van der Waals surface area contributed by atoms with Crippen LogP contribution in [0.1, 0.15) is 41.5 Å². The molecule has 0 aliphatic heterocycles. The van der Waals surface area contributed by atoms with Gasteiger partial charge < -0.3 is 19.8 Å². The molecule has 0 bridgehead atoms. The number of aromatic nitrogens is 2. The molecule has 0 saturated heterocycles. The number of rotatable bonds is 6. The molecule has 2 rings (SSSR count). The van der Waals surface area contributed by atoms with E-state index >= 15 is 0 Å². The van der Waals surface area contributed by atoms with Crippen LogP contribution >= 0.6 is 0 Å². The Morgan fingerprint density at radius 2 is 2.44 bits per heavy atom. The van der Waals surface area contributed by atoms with Gasteiger partial charge in [-0.1, -0.05) is 6.92 Å². The maximum Gasteiger partial charge on any atom is 0.371 e. The lowest BCUT2D eigenvalue weighted by Crippen LogP contribution is -2.21. The predicted molar refractivity (Wildman–Crippen MR) is 64.1 cm³/mol. The van der Waals surface area contributed by atoms with Crippen molar-refractivity contribution in [1.82, 2.24) is 15.3 Å². The second kappa shape index (κ2) is 5.50. The van der Waals surface area contributed by atoms with Crippen molar-refractivity contribution in [2.24, 2.45) is 0 Å². The van der Waals surface area contributed by atoms with Gasteiger partial charge in [-0.05, 0) is 18.6 Å². The van der Waals surface area contributed by atoms with Crippen molar-refractivity contribution in [1.29, 1.82) is 0 Å². The van der Waals surface area contributed by atoms with Gasteiger partial charge in [-0.15, -0.1) is 0 Å². The number of furan rings is 1. The summed E-state index contributed by atoms with van der Waals surface area (Å²) in [5, 5.41) is 12.0. The van der Waals surface area contributed by atoms with E-state index in [9.17, 15) is 4.79 Å². The third-order valence-electron chi connectivity index (χ3n) is 2.65. The van der Waals surface area contributed by atoms with Crippen LogP contribution in [0.25, 0.3) is 0 Å². The molecule has 2 heterocycles. The van der Waals surface area contributed by atoms with Gasteiger partial charge in [0.2, 0.25) is 5.76 Å². The number of carboxylic acid groups (broad SMARTS) is 1. The molecule has 1 unspecified atom stereocenters. The van der Waals surface area contributed by atoms with Crippen molar-refractivity contribution in [3.63, 3.8) is 0 Å². The fourth-order valence-electron chi connectivity index (χ4n) is 1.71. The molecule has 2 aromatic rings. The van der Waals surface area contributed by atoms with Crippen LogP contribution in [0.5, 0.6) is 0 Å². The Labute approximate surface area is 104 Å². The zero-order valence-electron chi connectivity index (χ0n) is 10.0. The molecule has 6 nitrogen and oxygen atoms in total. The Morgan fingerprint density at radius 1 is 1.61 bits per heavy atom. The summed E-state index contributed by atoms with van der Waals surface area (Å²) in [6, 6.07) is 3.21. The second-order valence-corrected chi connectivity index (χ2v) is 3.89. The zero-order chi connectivity index (χ0) is 13.0. The van der Waals surface area contributed by atoms with Crippen LogP contribution in [0.15, 0.2) is 28.9 Å². The highest BCUT2D eigenvalue weighted by Gasteiger charge is 2.13. The molecule has 0 radical (unpaired) electrons. The van der Waals surface area contributed by atoms with E-state index in [0.717, 1.165) is 12.2 Å². The largest absolute Gasteiger partial charge is 0.475 e. The van der Waals surface area contributed by atoms with E-state index in [4.69, 9.17) is 9.52 Å². The second-order valence-electron chi connectivity index (χ2n) is 3.89. The number of carbonyl (C=O) groups is 1. The minimum Gasteiger partial charge on any atom is -0.475 e. The first-order valence-corrected chi connectivity index (χ1v) is 5.75. The molecule has 2 aromatic heterocycles. The Balaban J connectivity index is 1.95. The predicted octanol–water partition coefficient (Wildman–Crippen LogP) is 1.94. The Bertz CT molecular complexity index is 504. The SMILES string of the molecule is CCC(NCc1ccc(C(=O)O)o1)c1ncc[nH]1. The molecule has 96 valence electrons. The van der Waals surface area contributed by atoms with Crippen molar-refractivity contribution < 1.29 is 14.3 Å². The van der Waals surface area contributed by atoms with Crippen molar-refractivity contribution in [2.45, 2.75) is 25.9 Å². The van der Waals surface area contributed by atoms with Gasteiger partial charge in [0.25, 0.3) is 0 Å². The number of nitrogens with zero attached hydrogens (tertiary/aromatic N) is 1. The molecule has 0 saturated carbocycles. The van der Waals surface area contributed by atoms with Gasteiger partial charge in [-0.2, -0.15) is 0 Å². The Morgan fingerprint density at radius 3 is 3.00 bits per heavy atom. The fourth-order valence-corrected chi connectivity index (χ4v) is 1.71. The van der Waals surface area contributed by atoms with E-state index in [1.165, 1.54) is 6.07 Å². The molecule has 18 heavy (non-hydrogen) atoms. The molecule has 0 spiro atoms. The van der Waals surface area contributed by atoms with E-state index in [2.05, 4.69) is 15.3 Å². The highest BCUT2D eigenvalue weighted by Crippen LogP contribution is 2.14. The van der Waals surface area contributed by atoms with Crippen molar-refractivity contribution >= 4 is 5.97 Å². The first-order chi connectivity index (χ1) is 8.70.